The van der Waals surface area contributed by atoms with E-state index in [1.807, 2.05) is 30.3 Å². The molecule has 2 rings (SSSR count). The second-order valence-electron chi connectivity index (χ2n) is 7.46. The van der Waals surface area contributed by atoms with Crippen molar-refractivity contribution >= 4 is 12.2 Å². The predicted molar refractivity (Wildman–Crippen MR) is 96.6 cm³/mol. The molecule has 1 atom stereocenters. The highest BCUT2D eigenvalue weighted by Crippen LogP contribution is 2.15. The Morgan fingerprint density at radius 1 is 1.08 bits per heavy atom. The van der Waals surface area contributed by atoms with Gasteiger partial charge in [-0.25, -0.2) is 9.59 Å². The minimum Gasteiger partial charge on any atom is -0.445 e. The van der Waals surface area contributed by atoms with Gasteiger partial charge >= 0.3 is 12.2 Å². The summed E-state index contributed by atoms with van der Waals surface area (Å²) in [7, 11) is 0. The first-order chi connectivity index (χ1) is 12.3. The van der Waals surface area contributed by atoms with Crippen LogP contribution >= 0.6 is 0 Å². The van der Waals surface area contributed by atoms with Gasteiger partial charge in [0.05, 0.1) is 0 Å². The molecule has 1 aromatic rings. The summed E-state index contributed by atoms with van der Waals surface area (Å²) < 4.78 is 10.8. The number of carbonyl (C=O) groups is 2. The molecule has 0 unspecified atom stereocenters. The highest BCUT2D eigenvalue weighted by atomic mass is 16.6. The normalized spacial score (nSPS) is 18.2. The van der Waals surface area contributed by atoms with E-state index < -0.39 is 17.8 Å². The van der Waals surface area contributed by atoms with Crippen molar-refractivity contribution in [3.63, 3.8) is 0 Å². The number of carbonyl (C=O) groups excluding carboxylic acids is 2. The second-order valence-corrected chi connectivity index (χ2v) is 7.46. The molecule has 1 fully saturated rings. The van der Waals surface area contributed by atoms with Gasteiger partial charge in [0.2, 0.25) is 0 Å². The van der Waals surface area contributed by atoms with Crippen molar-refractivity contribution in [2.24, 2.45) is 5.92 Å². The molecule has 0 spiro atoms. The van der Waals surface area contributed by atoms with E-state index in [0.717, 1.165) is 5.56 Å². The standard InChI is InChI=1S/C19H28N2O5/c1-19(2,3)26-18(24)21-10-9-20(11-16(12-21)13-22)17(23)25-14-15-7-5-4-6-8-15/h4-8,16,22H,9-14H2,1-3H3/t16-/m0/s1. The molecule has 1 aliphatic rings. The number of nitrogens with zero attached hydrogens (tertiary/aromatic N) is 2. The summed E-state index contributed by atoms with van der Waals surface area (Å²) in [6, 6.07) is 9.44. The van der Waals surface area contributed by atoms with Crippen LogP contribution in [0, 0.1) is 5.92 Å². The zero-order valence-corrected chi connectivity index (χ0v) is 15.7. The SMILES string of the molecule is CC(C)(C)OC(=O)N1CCN(C(=O)OCc2ccccc2)C[C@H](CO)C1. The van der Waals surface area contributed by atoms with Crippen molar-refractivity contribution in [1.82, 2.24) is 9.80 Å². The zero-order chi connectivity index (χ0) is 19.2. The summed E-state index contributed by atoms with van der Waals surface area (Å²) in [5, 5.41) is 9.60. The fourth-order valence-electron chi connectivity index (χ4n) is 2.69. The van der Waals surface area contributed by atoms with Crippen LogP contribution in [0.3, 0.4) is 0 Å². The van der Waals surface area contributed by atoms with Gasteiger partial charge in [-0.05, 0) is 26.3 Å². The molecule has 1 aliphatic heterocycles. The summed E-state index contributed by atoms with van der Waals surface area (Å²) >= 11 is 0. The van der Waals surface area contributed by atoms with Crippen LogP contribution in [0.1, 0.15) is 26.3 Å². The maximum atomic E-state index is 12.4. The summed E-state index contributed by atoms with van der Waals surface area (Å²) in [4.78, 5) is 27.8. The van der Waals surface area contributed by atoms with Crippen LogP contribution < -0.4 is 0 Å². The number of amides is 2. The molecular formula is C19H28N2O5. The molecule has 26 heavy (non-hydrogen) atoms. The van der Waals surface area contributed by atoms with E-state index in [1.54, 1.807) is 20.8 Å². The first kappa shape index (κ1) is 20.0. The largest absolute Gasteiger partial charge is 0.445 e. The third-order valence-electron chi connectivity index (χ3n) is 3.97. The van der Waals surface area contributed by atoms with E-state index in [1.165, 1.54) is 9.80 Å². The third-order valence-corrected chi connectivity index (χ3v) is 3.97. The van der Waals surface area contributed by atoms with E-state index in [2.05, 4.69) is 0 Å². The molecule has 2 amide bonds. The lowest BCUT2D eigenvalue weighted by Gasteiger charge is -2.27. The number of hydrogen-bond acceptors (Lipinski definition) is 5. The van der Waals surface area contributed by atoms with Crippen molar-refractivity contribution < 1.29 is 24.2 Å². The van der Waals surface area contributed by atoms with E-state index in [-0.39, 0.29) is 19.1 Å². The molecule has 0 bridgehead atoms. The molecule has 0 radical (unpaired) electrons. The highest BCUT2D eigenvalue weighted by Gasteiger charge is 2.30. The van der Waals surface area contributed by atoms with Crippen molar-refractivity contribution in [1.29, 1.82) is 0 Å². The molecule has 0 aliphatic carbocycles. The third kappa shape index (κ3) is 6.22. The second kappa shape index (κ2) is 8.89. The molecule has 1 heterocycles. The van der Waals surface area contributed by atoms with Gasteiger partial charge in [-0.2, -0.15) is 0 Å². The van der Waals surface area contributed by atoms with E-state index in [4.69, 9.17) is 9.47 Å². The lowest BCUT2D eigenvalue weighted by molar-refractivity contribution is 0.0226. The van der Waals surface area contributed by atoms with Crippen LogP contribution in [0.15, 0.2) is 30.3 Å². The molecular weight excluding hydrogens is 336 g/mol. The Morgan fingerprint density at radius 3 is 2.19 bits per heavy atom. The van der Waals surface area contributed by atoms with Crippen LogP contribution in [0.5, 0.6) is 0 Å². The van der Waals surface area contributed by atoms with E-state index in [9.17, 15) is 14.7 Å². The fraction of sp³-hybridized carbons (Fsp3) is 0.579. The van der Waals surface area contributed by atoms with Crippen molar-refractivity contribution in [3.05, 3.63) is 35.9 Å². The Hall–Kier alpha value is -2.28. The number of rotatable bonds is 3. The van der Waals surface area contributed by atoms with Crippen LogP contribution in [-0.4, -0.2) is 65.5 Å². The number of aliphatic hydroxyl groups is 1. The van der Waals surface area contributed by atoms with Crippen LogP contribution in [0.4, 0.5) is 9.59 Å². The molecule has 1 N–H and O–H groups in total. The van der Waals surface area contributed by atoms with E-state index >= 15 is 0 Å². The Labute approximate surface area is 154 Å². The first-order valence-electron chi connectivity index (χ1n) is 8.83. The quantitative estimate of drug-likeness (QED) is 0.891. The van der Waals surface area contributed by atoms with Gasteiger partial charge in [-0.15, -0.1) is 0 Å². The fourth-order valence-corrected chi connectivity index (χ4v) is 2.69. The molecule has 7 nitrogen and oxygen atoms in total. The molecule has 1 aromatic carbocycles. The van der Waals surface area contributed by atoms with Crippen LogP contribution in [0.2, 0.25) is 0 Å². The average molecular weight is 364 g/mol. The number of hydrogen-bond donors (Lipinski definition) is 1. The lowest BCUT2D eigenvalue weighted by atomic mass is 10.1. The molecule has 7 heteroatoms. The Morgan fingerprint density at radius 2 is 1.65 bits per heavy atom. The summed E-state index contributed by atoms with van der Waals surface area (Å²) in [5.41, 5.74) is 0.316. The van der Waals surface area contributed by atoms with Gasteiger partial charge in [0, 0.05) is 38.7 Å². The van der Waals surface area contributed by atoms with Crippen molar-refractivity contribution in [2.45, 2.75) is 33.0 Å². The molecule has 0 saturated carbocycles. The molecule has 144 valence electrons. The van der Waals surface area contributed by atoms with Crippen molar-refractivity contribution in [2.75, 3.05) is 32.8 Å². The highest BCUT2D eigenvalue weighted by molar-refractivity contribution is 5.69. The number of ether oxygens (including phenoxy) is 2. The van der Waals surface area contributed by atoms with Crippen LogP contribution in [0.25, 0.3) is 0 Å². The van der Waals surface area contributed by atoms with Gasteiger partial charge in [0.15, 0.2) is 0 Å². The minimum atomic E-state index is -0.591. The maximum Gasteiger partial charge on any atom is 0.410 e. The van der Waals surface area contributed by atoms with E-state index in [0.29, 0.717) is 26.2 Å². The van der Waals surface area contributed by atoms with Gasteiger partial charge in [-0.1, -0.05) is 30.3 Å². The Kier molecular flexibility index (Phi) is 6.85. The lowest BCUT2D eigenvalue weighted by Crippen LogP contribution is -2.40. The topological polar surface area (TPSA) is 79.3 Å². The molecule has 0 aromatic heterocycles. The smallest absolute Gasteiger partial charge is 0.410 e. The van der Waals surface area contributed by atoms with Gasteiger partial charge in [0.25, 0.3) is 0 Å². The zero-order valence-electron chi connectivity index (χ0n) is 15.7. The number of aliphatic hydroxyl groups excluding tert-OH is 1. The monoisotopic (exact) mass is 364 g/mol. The van der Waals surface area contributed by atoms with Gasteiger partial charge in [0.1, 0.15) is 12.2 Å². The first-order valence-corrected chi connectivity index (χ1v) is 8.83. The van der Waals surface area contributed by atoms with Gasteiger partial charge < -0.3 is 24.4 Å². The average Bonchev–Trinajstić information content (AvgIpc) is 2.82. The molecule has 1 saturated heterocycles. The van der Waals surface area contributed by atoms with Crippen LogP contribution in [-0.2, 0) is 16.1 Å². The number of benzene rings is 1. The maximum absolute atomic E-state index is 12.4. The predicted octanol–water partition coefficient (Wildman–Crippen LogP) is 2.48. The Bertz CT molecular complexity index is 600. The van der Waals surface area contributed by atoms with Gasteiger partial charge in [-0.3, -0.25) is 0 Å². The Balaban J connectivity index is 1.94. The summed E-state index contributed by atoms with van der Waals surface area (Å²) in [5.74, 6) is -0.241. The summed E-state index contributed by atoms with van der Waals surface area (Å²) in [6.45, 7) is 6.84. The van der Waals surface area contributed by atoms with Crippen molar-refractivity contribution in [3.8, 4) is 0 Å². The minimum absolute atomic E-state index is 0.123. The summed E-state index contributed by atoms with van der Waals surface area (Å²) in [6.07, 6.45) is -0.881.